The molecular weight excluding hydrogens is 501 g/mol. The molecule has 12 heteroatoms. The van der Waals surface area contributed by atoms with E-state index in [2.05, 4.69) is 28.1 Å². The van der Waals surface area contributed by atoms with E-state index in [0.717, 1.165) is 23.0 Å². The Balaban J connectivity index is 0.000000280. The van der Waals surface area contributed by atoms with Gasteiger partial charge in [0.25, 0.3) is 12.3 Å². The molecule has 5 rings (SSSR count). The average molecular weight is 526 g/mol. The molecule has 2 atom stereocenters. The molecule has 36 heavy (non-hydrogen) atoms. The van der Waals surface area contributed by atoms with Crippen LogP contribution in [0.15, 0.2) is 52.2 Å². The molecule has 0 radical (unpaired) electrons. The number of thiazole rings is 1. The highest BCUT2D eigenvalue weighted by Crippen LogP contribution is 2.34. The number of aromatic nitrogens is 3. The normalized spacial score (nSPS) is 19.9. The fourth-order valence-corrected chi connectivity index (χ4v) is 4.88. The van der Waals surface area contributed by atoms with Gasteiger partial charge in [0, 0.05) is 19.0 Å². The summed E-state index contributed by atoms with van der Waals surface area (Å²) in [5.74, 6) is -0.204. The number of amides is 1. The molecule has 0 N–H and O–H groups in total. The van der Waals surface area contributed by atoms with Crippen molar-refractivity contribution in [2.24, 2.45) is 16.8 Å². The molecule has 1 amide bonds. The predicted octanol–water partition coefficient (Wildman–Crippen LogP) is 6.14. The number of benzene rings is 1. The van der Waals surface area contributed by atoms with Crippen LogP contribution < -0.4 is 0 Å². The van der Waals surface area contributed by atoms with E-state index in [-0.39, 0.29) is 18.4 Å². The minimum absolute atomic E-state index is 0.148. The molecule has 192 valence electrons. The van der Waals surface area contributed by atoms with Crippen molar-refractivity contribution in [2.45, 2.75) is 39.4 Å². The molecule has 0 saturated heterocycles. The van der Waals surface area contributed by atoms with Crippen LogP contribution in [0.3, 0.4) is 0 Å². The Bertz CT molecular complexity index is 1270. The molecule has 0 saturated carbocycles. The van der Waals surface area contributed by atoms with E-state index < -0.39 is 36.3 Å². The maximum absolute atomic E-state index is 13.2. The highest BCUT2D eigenvalue weighted by Gasteiger charge is 2.34. The van der Waals surface area contributed by atoms with Crippen molar-refractivity contribution < 1.29 is 26.7 Å². The number of hydrogen-bond donors (Lipinski definition) is 0. The van der Waals surface area contributed by atoms with Crippen LogP contribution in [0.4, 0.5) is 22.0 Å². The lowest BCUT2D eigenvalue weighted by Gasteiger charge is -2.35. The van der Waals surface area contributed by atoms with E-state index in [1.165, 1.54) is 9.60 Å². The number of carbonyl (C=O) groups is 1. The minimum Gasteiger partial charge on any atom is -0.332 e. The summed E-state index contributed by atoms with van der Waals surface area (Å²) in [5, 5.41) is 3.27. The second-order valence-electron chi connectivity index (χ2n) is 8.74. The van der Waals surface area contributed by atoms with Gasteiger partial charge in [0.2, 0.25) is 0 Å². The van der Waals surface area contributed by atoms with Gasteiger partial charge in [0.1, 0.15) is 12.2 Å². The van der Waals surface area contributed by atoms with E-state index >= 15 is 0 Å². The van der Waals surface area contributed by atoms with Gasteiger partial charge in [-0.2, -0.15) is 18.3 Å². The third-order valence-corrected chi connectivity index (χ3v) is 7.07. The van der Waals surface area contributed by atoms with Gasteiger partial charge >= 0.3 is 6.18 Å². The van der Waals surface area contributed by atoms with Gasteiger partial charge in [-0.15, -0.1) is 11.3 Å². The number of alkyl halides is 5. The number of halogens is 5. The van der Waals surface area contributed by atoms with Gasteiger partial charge in [-0.3, -0.25) is 14.5 Å². The molecule has 1 unspecified atom stereocenters. The topological polar surface area (TPSA) is 63.4 Å². The molecule has 2 aliphatic rings. The number of carbonyl (C=O) groups excluding carboxylic acids is 1. The van der Waals surface area contributed by atoms with Crippen LogP contribution in [0.25, 0.3) is 10.2 Å². The summed E-state index contributed by atoms with van der Waals surface area (Å²) in [6.45, 7) is 3.03. The third kappa shape index (κ3) is 5.80. The Morgan fingerprint density at radius 3 is 2.67 bits per heavy atom. The van der Waals surface area contributed by atoms with Crippen molar-refractivity contribution in [1.29, 1.82) is 0 Å². The molecule has 0 bridgehead atoms. The Labute approximate surface area is 208 Å². The van der Waals surface area contributed by atoms with Crippen LogP contribution in [0.2, 0.25) is 0 Å². The first kappa shape index (κ1) is 25.9. The maximum atomic E-state index is 13.2. The number of aliphatic imine (C=N–C) groups is 1. The van der Waals surface area contributed by atoms with Crippen LogP contribution in [0.5, 0.6) is 0 Å². The molecule has 2 aliphatic heterocycles. The van der Waals surface area contributed by atoms with Crippen molar-refractivity contribution in [1.82, 2.24) is 19.7 Å². The van der Waals surface area contributed by atoms with Gasteiger partial charge in [-0.05, 0) is 36.0 Å². The third-order valence-electron chi connectivity index (χ3n) is 6.26. The lowest BCUT2D eigenvalue weighted by atomic mass is 9.83. The summed E-state index contributed by atoms with van der Waals surface area (Å²) < 4.78 is 65.6. The minimum atomic E-state index is -4.62. The number of para-hydroxylation sites is 1. The Morgan fingerprint density at radius 1 is 1.22 bits per heavy atom. The van der Waals surface area contributed by atoms with E-state index in [9.17, 15) is 26.7 Å². The lowest BCUT2D eigenvalue weighted by molar-refractivity contribution is -0.142. The molecule has 0 fully saturated rings. The summed E-state index contributed by atoms with van der Waals surface area (Å²) in [6.07, 6.45) is -4.67. The second-order valence-corrected chi connectivity index (χ2v) is 9.62. The molecule has 0 aliphatic carbocycles. The summed E-state index contributed by atoms with van der Waals surface area (Å²) in [6, 6.07) is 8.13. The maximum Gasteiger partial charge on any atom is 0.408 e. The van der Waals surface area contributed by atoms with E-state index in [1.807, 2.05) is 30.6 Å². The molecular formula is C24H24F5N5OS. The van der Waals surface area contributed by atoms with Gasteiger partial charge in [-0.1, -0.05) is 26.0 Å². The first-order chi connectivity index (χ1) is 17.0. The zero-order chi connectivity index (χ0) is 26.0. The average Bonchev–Trinajstić information content (AvgIpc) is 3.47. The van der Waals surface area contributed by atoms with Crippen molar-refractivity contribution in [3.8, 4) is 0 Å². The number of nitrogens with zero attached hydrogens (tertiary/aromatic N) is 5. The van der Waals surface area contributed by atoms with Crippen LogP contribution in [-0.4, -0.2) is 51.1 Å². The predicted molar refractivity (Wildman–Crippen MR) is 127 cm³/mol. The SMILES string of the molecule is CC1C=NC2=C(CCN(C(=O)c3cn(CC(F)(F)F)nc3C(F)F)C2)[C@H]1C.c1ccc2scnc2c1. The zero-order valence-corrected chi connectivity index (χ0v) is 20.4. The molecule has 1 aromatic carbocycles. The Kier molecular flexibility index (Phi) is 7.53. The highest BCUT2D eigenvalue weighted by molar-refractivity contribution is 7.16. The largest absolute Gasteiger partial charge is 0.408 e. The lowest BCUT2D eigenvalue weighted by Crippen LogP contribution is -2.39. The molecule has 2 aromatic heterocycles. The van der Waals surface area contributed by atoms with Crippen LogP contribution in [-0.2, 0) is 6.54 Å². The highest BCUT2D eigenvalue weighted by atomic mass is 32.1. The Morgan fingerprint density at radius 2 is 1.97 bits per heavy atom. The fourth-order valence-electron chi connectivity index (χ4n) is 4.20. The van der Waals surface area contributed by atoms with E-state index in [1.54, 1.807) is 17.6 Å². The van der Waals surface area contributed by atoms with E-state index in [0.29, 0.717) is 17.6 Å². The number of fused-ring (bicyclic) bond motifs is 1. The van der Waals surface area contributed by atoms with Gasteiger partial charge in [0.05, 0.1) is 33.5 Å². The molecule has 0 spiro atoms. The summed E-state index contributed by atoms with van der Waals surface area (Å²) in [4.78, 5) is 22.5. The first-order valence-electron chi connectivity index (χ1n) is 11.3. The van der Waals surface area contributed by atoms with Crippen molar-refractivity contribution >= 4 is 33.7 Å². The number of rotatable bonds is 3. The Hall–Kier alpha value is -3.15. The first-order valence-corrected chi connectivity index (χ1v) is 12.2. The summed E-state index contributed by atoms with van der Waals surface area (Å²) in [5.41, 5.74) is 3.39. The summed E-state index contributed by atoms with van der Waals surface area (Å²) in [7, 11) is 0. The van der Waals surface area contributed by atoms with E-state index in [4.69, 9.17) is 0 Å². The van der Waals surface area contributed by atoms with Gasteiger partial charge in [-0.25, -0.2) is 13.8 Å². The van der Waals surface area contributed by atoms with Crippen LogP contribution >= 0.6 is 11.3 Å². The zero-order valence-electron chi connectivity index (χ0n) is 19.5. The van der Waals surface area contributed by atoms with Crippen molar-refractivity contribution in [2.75, 3.05) is 13.1 Å². The second kappa shape index (κ2) is 10.5. The molecule has 6 nitrogen and oxygen atoms in total. The van der Waals surface area contributed by atoms with Crippen molar-refractivity contribution in [3.63, 3.8) is 0 Å². The quantitative estimate of drug-likeness (QED) is 0.386. The van der Waals surface area contributed by atoms with Crippen LogP contribution in [0.1, 0.15) is 42.7 Å². The van der Waals surface area contributed by atoms with Gasteiger partial charge < -0.3 is 4.90 Å². The molecule has 4 heterocycles. The summed E-state index contributed by atoms with van der Waals surface area (Å²) >= 11 is 1.68. The molecule has 3 aromatic rings. The standard InChI is InChI=1S/C17H19F5N4O.C7H5NS/c1-9-5-23-13-7-25(4-3-11(13)10(9)2)16(27)12-6-26(8-17(20,21)22)24-14(12)15(18)19;1-2-4-7-6(3-1)8-5-9-7/h5-6,9-10,15H,3-4,7-8H2,1-2H3;1-5H/t9?,10-;/m0./s1. The smallest absolute Gasteiger partial charge is 0.332 e. The monoisotopic (exact) mass is 525 g/mol. The van der Waals surface area contributed by atoms with Crippen molar-refractivity contribution in [3.05, 3.63) is 58.5 Å². The fraction of sp³-hybridized carbons (Fsp3) is 0.417. The van der Waals surface area contributed by atoms with Crippen LogP contribution in [0, 0.1) is 11.8 Å². The van der Waals surface area contributed by atoms with Gasteiger partial charge in [0.15, 0.2) is 0 Å². The number of hydrogen-bond acceptors (Lipinski definition) is 5.